The van der Waals surface area contributed by atoms with Gasteiger partial charge in [0, 0.05) is 0 Å². The Morgan fingerprint density at radius 3 is 0.636 bits per heavy atom. The number of unbranched alkanes of at least 4 members (excludes halogenated alkanes) is 20. The zero-order chi connectivity index (χ0) is 24.3. The molecule has 33 heavy (non-hydrogen) atoms. The van der Waals surface area contributed by atoms with Crippen molar-refractivity contribution in [3.8, 4) is 0 Å². The van der Waals surface area contributed by atoms with Gasteiger partial charge in [-0.3, -0.25) is 0 Å². The molecule has 0 unspecified atom stereocenters. The van der Waals surface area contributed by atoms with E-state index in [9.17, 15) is 0 Å². The van der Waals surface area contributed by atoms with Gasteiger partial charge in [-0.2, -0.15) is 0 Å². The molecule has 0 spiro atoms. The van der Waals surface area contributed by atoms with Crippen LogP contribution < -0.4 is 0 Å². The van der Waals surface area contributed by atoms with E-state index in [1.165, 1.54) is 128 Å². The zero-order valence-corrected chi connectivity index (χ0v) is 26.4. The molecule has 200 valence electrons. The van der Waals surface area contributed by atoms with Crippen LogP contribution in [0.5, 0.6) is 0 Å². The van der Waals surface area contributed by atoms with Crippen LogP contribution in [0.3, 0.4) is 0 Å². The van der Waals surface area contributed by atoms with E-state index in [-0.39, 0.29) is 0 Å². The average molecular weight is 526 g/mol. The predicted octanol–water partition coefficient (Wildman–Crippen LogP) is 12.9. The maximum absolute atomic E-state index is 2.35. The standard InChI is InChI=1S/C32H68Ge/c1-5-9-13-17-21-25-29-33(30-26-22-18-14-10-6-2,31-27-23-19-15-11-7-3)32-28-24-20-16-12-8-4/h5-32H2,1-4H3. The molecule has 0 aliphatic carbocycles. The second-order valence-corrected chi connectivity index (χ2v) is 22.1. The molecule has 0 nitrogen and oxygen atoms in total. The molecule has 0 aromatic heterocycles. The van der Waals surface area contributed by atoms with Crippen molar-refractivity contribution in [2.45, 2.75) is 203 Å². The van der Waals surface area contributed by atoms with E-state index < -0.39 is 13.3 Å². The molecule has 0 atom stereocenters. The molecular formula is C32H68Ge. The monoisotopic (exact) mass is 526 g/mol. The molecule has 0 bridgehead atoms. The molecule has 1 heteroatoms. The second kappa shape index (κ2) is 27.1. The normalized spacial score (nSPS) is 12.0. The second-order valence-electron chi connectivity index (χ2n) is 11.6. The summed E-state index contributed by atoms with van der Waals surface area (Å²) in [4.78, 5) is 0. The van der Waals surface area contributed by atoms with Gasteiger partial charge in [-0.25, -0.2) is 0 Å². The third kappa shape index (κ3) is 22.7. The van der Waals surface area contributed by atoms with Crippen molar-refractivity contribution >= 4 is 13.3 Å². The van der Waals surface area contributed by atoms with Gasteiger partial charge in [-0.15, -0.1) is 0 Å². The minimum absolute atomic E-state index is 1.38. The summed E-state index contributed by atoms with van der Waals surface area (Å²) in [6.45, 7) is 9.40. The van der Waals surface area contributed by atoms with Crippen molar-refractivity contribution in [1.29, 1.82) is 0 Å². The van der Waals surface area contributed by atoms with Crippen molar-refractivity contribution in [2.75, 3.05) is 0 Å². The van der Waals surface area contributed by atoms with Crippen molar-refractivity contribution < 1.29 is 0 Å². The van der Waals surface area contributed by atoms with Crippen molar-refractivity contribution in [3.05, 3.63) is 0 Å². The molecule has 0 saturated heterocycles. The van der Waals surface area contributed by atoms with E-state index in [0.717, 1.165) is 0 Å². The Bertz CT molecular complexity index is 281. The van der Waals surface area contributed by atoms with E-state index >= 15 is 0 Å². The van der Waals surface area contributed by atoms with Crippen LogP contribution in [0.25, 0.3) is 0 Å². The Morgan fingerprint density at radius 2 is 0.424 bits per heavy atom. The Morgan fingerprint density at radius 1 is 0.242 bits per heavy atom. The van der Waals surface area contributed by atoms with Gasteiger partial charge < -0.3 is 0 Å². The number of rotatable bonds is 28. The first kappa shape index (κ1) is 33.5. The molecule has 0 N–H and O–H groups in total. The Kier molecular flexibility index (Phi) is 27.6. The van der Waals surface area contributed by atoms with Crippen molar-refractivity contribution in [2.24, 2.45) is 0 Å². The van der Waals surface area contributed by atoms with Crippen LogP contribution in [0.15, 0.2) is 0 Å². The maximum atomic E-state index is 2.35. The Labute approximate surface area is 215 Å². The molecule has 0 heterocycles. The van der Waals surface area contributed by atoms with E-state index in [1.54, 1.807) is 46.7 Å². The van der Waals surface area contributed by atoms with Crippen LogP contribution in [-0.4, -0.2) is 13.3 Å². The first-order chi connectivity index (χ1) is 16.2. The topological polar surface area (TPSA) is 0 Å². The van der Waals surface area contributed by atoms with Crippen LogP contribution in [0, 0.1) is 0 Å². The molecule has 0 aliphatic rings. The van der Waals surface area contributed by atoms with Gasteiger partial charge in [0.05, 0.1) is 0 Å². The summed E-state index contributed by atoms with van der Waals surface area (Å²) in [7, 11) is 0. The minimum atomic E-state index is -1.68. The summed E-state index contributed by atoms with van der Waals surface area (Å²) in [5, 5.41) is 6.91. The van der Waals surface area contributed by atoms with Crippen LogP contribution >= 0.6 is 0 Å². The zero-order valence-electron chi connectivity index (χ0n) is 24.3. The van der Waals surface area contributed by atoms with Gasteiger partial charge in [-0.05, 0) is 0 Å². The quantitative estimate of drug-likeness (QED) is 0.0704. The average Bonchev–Trinajstić information content (AvgIpc) is 2.83. The van der Waals surface area contributed by atoms with E-state index in [0.29, 0.717) is 0 Å². The van der Waals surface area contributed by atoms with Gasteiger partial charge >= 0.3 is 216 Å². The molecule has 0 fully saturated rings. The van der Waals surface area contributed by atoms with Crippen molar-refractivity contribution in [3.63, 3.8) is 0 Å². The Balaban J connectivity index is 4.74. The van der Waals surface area contributed by atoms with Crippen LogP contribution in [0.4, 0.5) is 0 Å². The third-order valence-electron chi connectivity index (χ3n) is 8.24. The molecule has 0 aromatic carbocycles. The summed E-state index contributed by atoms with van der Waals surface area (Å²) in [6.07, 6.45) is 35.9. The summed E-state index contributed by atoms with van der Waals surface area (Å²) >= 11 is -1.68. The fourth-order valence-corrected chi connectivity index (χ4v) is 17.4. The molecule has 0 aliphatic heterocycles. The fraction of sp³-hybridized carbons (Fsp3) is 1.00. The van der Waals surface area contributed by atoms with E-state index in [4.69, 9.17) is 0 Å². The molecule has 0 amide bonds. The fourth-order valence-electron chi connectivity index (χ4n) is 5.87. The van der Waals surface area contributed by atoms with Gasteiger partial charge in [0.15, 0.2) is 0 Å². The van der Waals surface area contributed by atoms with E-state index in [1.807, 2.05) is 0 Å². The van der Waals surface area contributed by atoms with Crippen LogP contribution in [0.2, 0.25) is 21.0 Å². The molecule has 0 aromatic rings. The first-order valence-corrected chi connectivity index (χ1v) is 22.2. The SMILES string of the molecule is CCCCCCC[CH2][Ge]([CH2]CCCCCCC)([CH2]CCCCCCC)[CH2]CCCCCCC. The molecule has 0 rings (SSSR count). The van der Waals surface area contributed by atoms with Crippen LogP contribution in [0.1, 0.15) is 182 Å². The molecular weight excluding hydrogens is 457 g/mol. The van der Waals surface area contributed by atoms with Gasteiger partial charge in [0.1, 0.15) is 0 Å². The van der Waals surface area contributed by atoms with Gasteiger partial charge in [0.2, 0.25) is 0 Å². The summed E-state index contributed by atoms with van der Waals surface area (Å²) in [5.41, 5.74) is 0. The van der Waals surface area contributed by atoms with Gasteiger partial charge in [-0.1, -0.05) is 0 Å². The number of hydrogen-bond donors (Lipinski definition) is 0. The summed E-state index contributed by atoms with van der Waals surface area (Å²) in [5.74, 6) is 0. The Hall–Kier alpha value is 0.543. The molecule has 0 saturated carbocycles. The first-order valence-electron chi connectivity index (χ1n) is 16.2. The number of hydrogen-bond acceptors (Lipinski definition) is 0. The summed E-state index contributed by atoms with van der Waals surface area (Å²) < 4.78 is 0. The molecule has 0 radical (unpaired) electrons. The van der Waals surface area contributed by atoms with E-state index in [2.05, 4.69) is 27.7 Å². The van der Waals surface area contributed by atoms with Gasteiger partial charge in [0.25, 0.3) is 0 Å². The third-order valence-corrected chi connectivity index (χ3v) is 20.1. The van der Waals surface area contributed by atoms with Crippen molar-refractivity contribution in [1.82, 2.24) is 0 Å². The predicted molar refractivity (Wildman–Crippen MR) is 158 cm³/mol. The summed E-state index contributed by atoms with van der Waals surface area (Å²) in [6, 6.07) is 0. The van der Waals surface area contributed by atoms with Crippen LogP contribution in [-0.2, 0) is 0 Å².